The third kappa shape index (κ3) is 5.37. The molecular weight excluding hydrogens is 456 g/mol. The summed E-state index contributed by atoms with van der Waals surface area (Å²) >= 11 is 1.48. The first kappa shape index (κ1) is 22.9. The van der Waals surface area contributed by atoms with E-state index in [1.165, 1.54) is 22.4 Å². The Bertz CT molecular complexity index is 1240. The monoisotopic (exact) mass is 476 g/mol. The molecule has 0 aliphatic carbocycles. The van der Waals surface area contributed by atoms with Crippen molar-refractivity contribution >= 4 is 40.5 Å². The average molecular weight is 477 g/mol. The second-order valence-electron chi connectivity index (χ2n) is 6.97. The van der Waals surface area contributed by atoms with Gasteiger partial charge >= 0.3 is 5.97 Å². The molecule has 0 unspecified atom stereocenters. The Balaban J connectivity index is 1.67. The molecule has 1 aliphatic heterocycles. The lowest BCUT2D eigenvalue weighted by atomic mass is 10.2. The topological polar surface area (TPSA) is 109 Å². The van der Waals surface area contributed by atoms with E-state index in [-0.39, 0.29) is 18.0 Å². The van der Waals surface area contributed by atoms with E-state index in [4.69, 9.17) is 9.57 Å². The molecule has 4 rings (SSSR count). The van der Waals surface area contributed by atoms with Crippen molar-refractivity contribution in [3.05, 3.63) is 94.3 Å². The molecule has 1 aromatic heterocycles. The Morgan fingerprint density at radius 3 is 2.56 bits per heavy atom. The lowest BCUT2D eigenvalue weighted by Gasteiger charge is -2.16. The number of rotatable bonds is 7. The summed E-state index contributed by atoms with van der Waals surface area (Å²) in [6.07, 6.45) is 1.22. The number of nitrogens with one attached hydrogen (secondary N) is 2. The van der Waals surface area contributed by atoms with Crippen LogP contribution < -0.4 is 20.7 Å². The fourth-order valence-corrected chi connectivity index (χ4v) is 3.67. The Hall–Kier alpha value is -4.28. The molecule has 0 saturated carbocycles. The van der Waals surface area contributed by atoms with Gasteiger partial charge in [0.15, 0.2) is 5.70 Å². The van der Waals surface area contributed by atoms with Crippen molar-refractivity contribution in [3.63, 3.8) is 0 Å². The lowest BCUT2D eigenvalue weighted by Crippen LogP contribution is -2.33. The summed E-state index contributed by atoms with van der Waals surface area (Å²) < 4.78 is 5.16. The maximum absolute atomic E-state index is 13.0. The number of ether oxygens (including phenoxy) is 1. The number of nitrogens with zero attached hydrogens (tertiary/aromatic N) is 2. The first-order valence-electron chi connectivity index (χ1n) is 10.2. The highest BCUT2D eigenvalue weighted by Crippen LogP contribution is 2.24. The maximum Gasteiger partial charge on any atom is 0.376 e. The van der Waals surface area contributed by atoms with Crippen molar-refractivity contribution in [2.45, 2.75) is 6.54 Å². The predicted octanol–water partition coefficient (Wildman–Crippen LogP) is 3.02. The summed E-state index contributed by atoms with van der Waals surface area (Å²) in [4.78, 5) is 48.0. The molecule has 2 heterocycles. The largest absolute Gasteiger partial charge is 0.497 e. The molecule has 10 heteroatoms. The Morgan fingerprint density at radius 2 is 1.88 bits per heavy atom. The van der Waals surface area contributed by atoms with Crippen molar-refractivity contribution in [2.24, 2.45) is 4.99 Å². The zero-order valence-electron chi connectivity index (χ0n) is 18.1. The smallest absolute Gasteiger partial charge is 0.376 e. The summed E-state index contributed by atoms with van der Waals surface area (Å²) in [6.45, 7) is 0.253. The number of methoxy groups -OCH3 is 1. The van der Waals surface area contributed by atoms with Crippen molar-refractivity contribution in [1.29, 1.82) is 0 Å². The first-order chi connectivity index (χ1) is 16.5. The van der Waals surface area contributed by atoms with Gasteiger partial charge in [-0.3, -0.25) is 9.59 Å². The zero-order chi connectivity index (χ0) is 23.9. The van der Waals surface area contributed by atoms with E-state index in [2.05, 4.69) is 15.9 Å². The van der Waals surface area contributed by atoms with E-state index in [9.17, 15) is 14.4 Å². The minimum absolute atomic E-state index is 0.0175. The summed E-state index contributed by atoms with van der Waals surface area (Å²) in [7, 11) is 1.54. The van der Waals surface area contributed by atoms with E-state index in [0.717, 1.165) is 4.88 Å². The number of aliphatic imine (C=N–C) groups is 1. The van der Waals surface area contributed by atoms with Crippen molar-refractivity contribution in [1.82, 2.24) is 10.9 Å². The van der Waals surface area contributed by atoms with Crippen LogP contribution in [-0.4, -0.2) is 30.6 Å². The van der Waals surface area contributed by atoms with Gasteiger partial charge in [0.2, 0.25) is 0 Å². The van der Waals surface area contributed by atoms with E-state index >= 15 is 0 Å². The van der Waals surface area contributed by atoms with Gasteiger partial charge in [-0.25, -0.2) is 14.8 Å². The maximum atomic E-state index is 13.0. The molecule has 2 N–H and O–H groups in total. The number of anilines is 1. The van der Waals surface area contributed by atoms with Crippen molar-refractivity contribution in [2.75, 3.05) is 12.1 Å². The normalized spacial score (nSPS) is 14.7. The molecule has 1 aliphatic rings. The number of hydrogen-bond donors (Lipinski definition) is 2. The Kier molecular flexibility index (Phi) is 7.11. The Morgan fingerprint density at radius 1 is 1.12 bits per heavy atom. The Labute approximate surface area is 199 Å². The molecule has 0 bridgehead atoms. The molecular formula is C24H20N4O5S. The fraction of sp³-hybridized carbons (Fsp3) is 0.0833. The highest BCUT2D eigenvalue weighted by atomic mass is 32.1. The fourth-order valence-electron chi connectivity index (χ4n) is 3.03. The molecule has 3 aromatic rings. The number of hydrogen-bond acceptors (Lipinski definition) is 8. The van der Waals surface area contributed by atoms with Crippen LogP contribution in [0.25, 0.3) is 0 Å². The van der Waals surface area contributed by atoms with Gasteiger partial charge < -0.3 is 14.9 Å². The van der Waals surface area contributed by atoms with Crippen LogP contribution in [-0.2, 0) is 21.0 Å². The van der Waals surface area contributed by atoms with Crippen LogP contribution in [0.5, 0.6) is 5.75 Å². The van der Waals surface area contributed by atoms with Gasteiger partial charge in [0.25, 0.3) is 11.8 Å². The predicted molar refractivity (Wildman–Crippen MR) is 127 cm³/mol. The van der Waals surface area contributed by atoms with Crippen molar-refractivity contribution in [3.8, 4) is 5.75 Å². The quantitative estimate of drug-likeness (QED) is 0.399. The van der Waals surface area contributed by atoms with Gasteiger partial charge in [0.1, 0.15) is 11.5 Å². The molecule has 1 fully saturated rings. The number of carbonyl (C=O) groups excluding carboxylic acids is 3. The third-order valence-corrected chi connectivity index (χ3v) is 5.64. The van der Waals surface area contributed by atoms with Crippen molar-refractivity contribution < 1.29 is 24.0 Å². The minimum atomic E-state index is -0.735. The number of hydrazine groups is 1. The van der Waals surface area contributed by atoms with Crippen LogP contribution in [0.15, 0.2) is 88.9 Å². The number of amides is 2. The molecule has 0 spiro atoms. The minimum Gasteiger partial charge on any atom is -0.497 e. The SMILES string of the molecule is COc1ccc(N2NOC(=O)/C2=C\C(=NC(=O)c2ccccc2)C(=O)NCc2cccs2)cc1. The summed E-state index contributed by atoms with van der Waals surface area (Å²) in [6, 6.07) is 18.9. The van der Waals surface area contributed by atoms with Crippen LogP contribution in [0.2, 0.25) is 0 Å². The van der Waals surface area contributed by atoms with Gasteiger partial charge in [-0.1, -0.05) is 29.9 Å². The number of thiophene rings is 1. The van der Waals surface area contributed by atoms with Gasteiger partial charge in [-0.15, -0.1) is 11.3 Å². The molecule has 172 valence electrons. The van der Waals surface area contributed by atoms with E-state index in [1.54, 1.807) is 61.7 Å². The van der Waals surface area contributed by atoms with Gasteiger partial charge in [0, 0.05) is 16.5 Å². The number of carbonyl (C=O) groups is 3. The molecule has 2 aromatic carbocycles. The van der Waals surface area contributed by atoms with E-state index in [1.807, 2.05) is 17.5 Å². The van der Waals surface area contributed by atoms with Crippen LogP contribution in [0, 0.1) is 0 Å². The zero-order valence-corrected chi connectivity index (χ0v) is 18.9. The molecule has 0 atom stereocenters. The number of benzene rings is 2. The van der Waals surface area contributed by atoms with Crippen LogP contribution in [0.4, 0.5) is 5.69 Å². The van der Waals surface area contributed by atoms with Gasteiger partial charge in [-0.05, 0) is 47.8 Å². The third-order valence-electron chi connectivity index (χ3n) is 4.76. The van der Waals surface area contributed by atoms with Gasteiger partial charge in [0.05, 0.1) is 19.3 Å². The molecule has 9 nitrogen and oxygen atoms in total. The first-order valence-corrected chi connectivity index (χ1v) is 11.0. The summed E-state index contributed by atoms with van der Waals surface area (Å²) in [5, 5.41) is 5.97. The molecule has 34 heavy (non-hydrogen) atoms. The lowest BCUT2D eigenvalue weighted by molar-refractivity contribution is -0.140. The van der Waals surface area contributed by atoms with Crippen LogP contribution in [0.3, 0.4) is 0 Å². The highest BCUT2D eigenvalue weighted by molar-refractivity contribution is 7.09. The molecule has 2 amide bonds. The summed E-state index contributed by atoms with van der Waals surface area (Å²) in [5.74, 6) is -1.33. The van der Waals surface area contributed by atoms with Gasteiger partial charge in [-0.2, -0.15) is 0 Å². The van der Waals surface area contributed by atoms with Crippen LogP contribution in [0.1, 0.15) is 15.2 Å². The van der Waals surface area contributed by atoms with E-state index < -0.39 is 17.8 Å². The van der Waals surface area contributed by atoms with Crippen LogP contribution >= 0.6 is 11.3 Å². The highest BCUT2D eigenvalue weighted by Gasteiger charge is 2.30. The second-order valence-corrected chi connectivity index (χ2v) is 8.01. The van der Waals surface area contributed by atoms with E-state index in [0.29, 0.717) is 17.0 Å². The standard InChI is InChI=1S/C24H20N4O5S/c1-32-18-11-9-17(10-12-18)28-21(24(31)33-27-28)14-20(23(30)25-15-19-8-5-13-34-19)26-22(29)16-6-3-2-4-7-16/h2-14,27H,15H2,1H3,(H,25,30)/b21-14+,26-20?. The summed E-state index contributed by atoms with van der Waals surface area (Å²) in [5.41, 5.74) is 3.10. The average Bonchev–Trinajstić information content (AvgIpc) is 3.52. The molecule has 1 saturated heterocycles. The second kappa shape index (κ2) is 10.6. The molecule has 0 radical (unpaired) electrons.